The summed E-state index contributed by atoms with van der Waals surface area (Å²) in [6.45, 7) is 4.71. The lowest BCUT2D eigenvalue weighted by atomic mass is 9.98. The van der Waals surface area contributed by atoms with E-state index in [2.05, 4.69) is 15.5 Å². The number of hydrogen-bond acceptors (Lipinski definition) is 7. The summed E-state index contributed by atoms with van der Waals surface area (Å²) < 4.78 is 13.0. The summed E-state index contributed by atoms with van der Waals surface area (Å²) in [6, 6.07) is 24.8. The summed E-state index contributed by atoms with van der Waals surface area (Å²) in [6.07, 6.45) is 1.85. The van der Waals surface area contributed by atoms with Crippen molar-refractivity contribution >= 4 is 17.5 Å². The number of nitrogens with one attached hydrogen (secondary N) is 2. The quantitative estimate of drug-likeness (QED) is 0.168. The molecule has 0 aliphatic carbocycles. The summed E-state index contributed by atoms with van der Waals surface area (Å²) in [5, 5.41) is 26.2. The van der Waals surface area contributed by atoms with Crippen LogP contribution in [0.2, 0.25) is 0 Å². The fraction of sp³-hybridized carbons (Fsp3) is 0.444. The fourth-order valence-electron chi connectivity index (χ4n) is 5.49. The number of likely N-dealkylation sites (N-methyl/N-ethyl adjacent to an activating group) is 1. The number of rotatable bonds is 15. The van der Waals surface area contributed by atoms with Crippen molar-refractivity contribution < 1.29 is 29.3 Å². The monoisotopic (exact) mass is 617 g/mol. The number of anilines is 1. The molecular weight excluding hydrogens is 570 g/mol. The predicted molar refractivity (Wildman–Crippen MR) is 174 cm³/mol. The first-order valence-electron chi connectivity index (χ1n) is 15.8. The molecule has 242 valence electrons. The van der Waals surface area contributed by atoms with E-state index in [0.29, 0.717) is 31.6 Å². The van der Waals surface area contributed by atoms with Crippen LogP contribution in [0.1, 0.15) is 86.7 Å². The van der Waals surface area contributed by atoms with Crippen LogP contribution in [-0.4, -0.2) is 59.2 Å². The van der Waals surface area contributed by atoms with E-state index in [1.165, 1.54) is 6.92 Å². The van der Waals surface area contributed by atoms with Crippen molar-refractivity contribution in [3.8, 4) is 0 Å². The first-order chi connectivity index (χ1) is 21.7. The minimum atomic E-state index is -0.639. The number of ether oxygens (including phenoxy) is 2. The Morgan fingerprint density at radius 3 is 2.29 bits per heavy atom. The van der Waals surface area contributed by atoms with E-state index < -0.39 is 12.4 Å². The molecule has 0 saturated carbocycles. The molecule has 0 radical (unpaired) electrons. The molecule has 1 aliphatic heterocycles. The molecule has 3 aromatic carbocycles. The van der Waals surface area contributed by atoms with Gasteiger partial charge in [0.1, 0.15) is 0 Å². The summed E-state index contributed by atoms with van der Waals surface area (Å²) in [5.74, 6) is -0.0858. The molecule has 1 saturated heterocycles. The van der Waals surface area contributed by atoms with Gasteiger partial charge in [-0.05, 0) is 55.6 Å². The lowest BCUT2D eigenvalue weighted by Crippen LogP contribution is -2.43. The van der Waals surface area contributed by atoms with E-state index in [1.54, 1.807) is 0 Å². The molecule has 4 rings (SSSR count). The van der Waals surface area contributed by atoms with Crippen LogP contribution in [-0.2, 0) is 25.7 Å². The minimum Gasteiger partial charge on any atom is -0.392 e. The first kappa shape index (κ1) is 34.3. The van der Waals surface area contributed by atoms with Gasteiger partial charge in [-0.15, -0.1) is 0 Å². The van der Waals surface area contributed by atoms with Crippen LogP contribution < -0.4 is 10.6 Å². The Hall–Kier alpha value is -3.60. The normalized spacial score (nSPS) is 19.6. The highest BCUT2D eigenvalue weighted by Gasteiger charge is 2.34. The lowest BCUT2D eigenvalue weighted by molar-refractivity contribution is -0.253. The summed E-state index contributed by atoms with van der Waals surface area (Å²) in [5.41, 5.74) is 4.26. The third kappa shape index (κ3) is 10.5. The largest absolute Gasteiger partial charge is 0.392 e. The standard InChI is InChI=1S/C36H47N3O6/c1-25(35(43)29-10-6-4-7-11-29)39(3)23-32-22-33(28-15-13-27(24-40)14-16-28)45-36(44-32)30-17-19-31(20-18-30)38-34(42)12-8-5-9-21-37-26(2)41/h4,6-7,10-11,13-20,25,32-33,35-36,40,43H,5,8-9,12,21-24H2,1-3H3,(H,37,41)(H,38,42)/t25-,32-,33+,35-,36+/m0/s1. The molecule has 9 heteroatoms. The highest BCUT2D eigenvalue weighted by atomic mass is 16.7. The SMILES string of the molecule is CC(=O)NCCCCCC(=O)Nc1ccc([C@@H]2O[C@H](CN(C)[C@@H](C)[C@H](O)c3ccccc3)C[C@H](c3ccc(CO)cc3)O2)cc1. The molecule has 9 nitrogen and oxygen atoms in total. The number of amides is 2. The minimum absolute atomic E-state index is 0.0198. The van der Waals surface area contributed by atoms with Gasteiger partial charge in [0.05, 0.1) is 24.9 Å². The van der Waals surface area contributed by atoms with E-state index in [0.717, 1.165) is 41.5 Å². The molecule has 1 heterocycles. The second-order valence-corrected chi connectivity index (χ2v) is 11.8. The van der Waals surface area contributed by atoms with E-state index in [4.69, 9.17) is 9.47 Å². The Balaban J connectivity index is 1.39. The summed E-state index contributed by atoms with van der Waals surface area (Å²) >= 11 is 0. The second-order valence-electron chi connectivity index (χ2n) is 11.8. The van der Waals surface area contributed by atoms with Gasteiger partial charge in [0.2, 0.25) is 11.8 Å². The molecule has 3 aromatic rings. The van der Waals surface area contributed by atoms with Gasteiger partial charge in [-0.1, -0.05) is 73.2 Å². The molecule has 45 heavy (non-hydrogen) atoms. The van der Waals surface area contributed by atoms with Gasteiger partial charge >= 0.3 is 0 Å². The number of benzene rings is 3. The zero-order chi connectivity index (χ0) is 32.2. The number of hydrogen-bond donors (Lipinski definition) is 4. The first-order valence-corrected chi connectivity index (χ1v) is 15.8. The molecule has 1 fully saturated rings. The van der Waals surface area contributed by atoms with Gasteiger partial charge in [0.25, 0.3) is 0 Å². The molecular formula is C36H47N3O6. The van der Waals surface area contributed by atoms with Crippen LogP contribution >= 0.6 is 0 Å². The van der Waals surface area contributed by atoms with Crippen molar-refractivity contribution in [2.24, 2.45) is 0 Å². The van der Waals surface area contributed by atoms with Gasteiger partial charge in [-0.3, -0.25) is 14.5 Å². The summed E-state index contributed by atoms with van der Waals surface area (Å²) in [4.78, 5) is 25.5. The smallest absolute Gasteiger partial charge is 0.224 e. The Bertz CT molecular complexity index is 1340. The highest BCUT2D eigenvalue weighted by Crippen LogP contribution is 2.38. The van der Waals surface area contributed by atoms with E-state index in [1.807, 2.05) is 92.8 Å². The Morgan fingerprint density at radius 1 is 0.933 bits per heavy atom. The number of aliphatic hydroxyl groups is 2. The number of aliphatic hydroxyl groups excluding tert-OH is 2. The number of carbonyl (C=O) groups is 2. The van der Waals surface area contributed by atoms with Crippen LogP contribution in [0.15, 0.2) is 78.9 Å². The number of nitrogens with zero attached hydrogens (tertiary/aromatic N) is 1. The third-order valence-corrected chi connectivity index (χ3v) is 8.32. The average molecular weight is 618 g/mol. The molecule has 0 spiro atoms. The van der Waals surface area contributed by atoms with Crippen molar-refractivity contribution in [3.63, 3.8) is 0 Å². The third-order valence-electron chi connectivity index (χ3n) is 8.32. The molecule has 0 aromatic heterocycles. The average Bonchev–Trinajstić information content (AvgIpc) is 3.06. The van der Waals surface area contributed by atoms with Crippen LogP contribution in [0.3, 0.4) is 0 Å². The molecule has 1 aliphatic rings. The zero-order valence-electron chi connectivity index (χ0n) is 26.5. The molecule has 4 N–H and O–H groups in total. The van der Waals surface area contributed by atoms with Crippen LogP contribution in [0.5, 0.6) is 0 Å². The topological polar surface area (TPSA) is 120 Å². The van der Waals surface area contributed by atoms with Gasteiger partial charge in [-0.25, -0.2) is 0 Å². The lowest BCUT2D eigenvalue weighted by Gasteiger charge is -2.39. The van der Waals surface area contributed by atoms with Crippen LogP contribution in [0.4, 0.5) is 5.69 Å². The summed E-state index contributed by atoms with van der Waals surface area (Å²) in [7, 11) is 2.00. The van der Waals surface area contributed by atoms with Crippen molar-refractivity contribution in [2.45, 2.75) is 83.2 Å². The maximum atomic E-state index is 12.5. The van der Waals surface area contributed by atoms with Gasteiger partial charge in [0.15, 0.2) is 6.29 Å². The molecule has 0 unspecified atom stereocenters. The van der Waals surface area contributed by atoms with E-state index in [9.17, 15) is 19.8 Å². The van der Waals surface area contributed by atoms with Crippen molar-refractivity contribution in [1.82, 2.24) is 10.2 Å². The number of carbonyl (C=O) groups excluding carboxylic acids is 2. The van der Waals surface area contributed by atoms with Crippen molar-refractivity contribution in [3.05, 3.63) is 101 Å². The predicted octanol–water partition coefficient (Wildman–Crippen LogP) is 5.41. The molecule has 2 amide bonds. The zero-order valence-corrected chi connectivity index (χ0v) is 26.5. The van der Waals surface area contributed by atoms with Gasteiger partial charge < -0.3 is 30.3 Å². The van der Waals surface area contributed by atoms with E-state index in [-0.39, 0.29) is 36.7 Å². The maximum Gasteiger partial charge on any atom is 0.224 e. The van der Waals surface area contributed by atoms with Gasteiger partial charge in [-0.2, -0.15) is 0 Å². The number of unbranched alkanes of at least 4 members (excludes halogenated alkanes) is 2. The highest BCUT2D eigenvalue weighted by molar-refractivity contribution is 5.90. The fourth-order valence-corrected chi connectivity index (χ4v) is 5.49. The van der Waals surface area contributed by atoms with Crippen molar-refractivity contribution in [2.75, 3.05) is 25.5 Å². The Morgan fingerprint density at radius 2 is 1.62 bits per heavy atom. The van der Waals surface area contributed by atoms with Crippen LogP contribution in [0, 0.1) is 0 Å². The van der Waals surface area contributed by atoms with Crippen molar-refractivity contribution in [1.29, 1.82) is 0 Å². The maximum absolute atomic E-state index is 12.5. The molecule has 5 atom stereocenters. The second kappa shape index (κ2) is 17.2. The molecule has 0 bridgehead atoms. The Kier molecular flexibility index (Phi) is 13.1. The van der Waals surface area contributed by atoms with Gasteiger partial charge in [0, 0.05) is 50.1 Å². The Labute approximate surface area is 266 Å². The van der Waals surface area contributed by atoms with E-state index >= 15 is 0 Å². The van der Waals surface area contributed by atoms with Crippen LogP contribution in [0.25, 0.3) is 0 Å².